The summed E-state index contributed by atoms with van der Waals surface area (Å²) in [4.78, 5) is 2.53. The van der Waals surface area contributed by atoms with Crippen molar-refractivity contribution >= 4 is 10.0 Å². The minimum absolute atomic E-state index is 0.215. The van der Waals surface area contributed by atoms with E-state index in [2.05, 4.69) is 29.1 Å². The summed E-state index contributed by atoms with van der Waals surface area (Å²) in [6.07, 6.45) is 0. The molecule has 0 unspecified atom stereocenters. The van der Waals surface area contributed by atoms with Gasteiger partial charge in [-0.3, -0.25) is 4.90 Å². The molecular formula is C17H23N3O3S. The second kappa shape index (κ2) is 6.66. The van der Waals surface area contributed by atoms with E-state index < -0.39 is 10.0 Å². The van der Waals surface area contributed by atoms with Crippen LogP contribution in [0.2, 0.25) is 0 Å². The van der Waals surface area contributed by atoms with E-state index in [0.717, 1.165) is 0 Å². The number of hydrogen-bond donors (Lipinski definition) is 0. The van der Waals surface area contributed by atoms with Gasteiger partial charge in [0.15, 0.2) is 5.76 Å². The Bertz CT molecular complexity index is 774. The van der Waals surface area contributed by atoms with Crippen LogP contribution < -0.4 is 0 Å². The fourth-order valence-corrected chi connectivity index (χ4v) is 4.96. The monoisotopic (exact) mass is 349 g/mol. The Morgan fingerprint density at radius 2 is 1.71 bits per heavy atom. The lowest BCUT2D eigenvalue weighted by Gasteiger charge is -2.37. The van der Waals surface area contributed by atoms with E-state index in [1.807, 2.05) is 18.2 Å². The second-order valence-corrected chi connectivity index (χ2v) is 8.05. The first-order valence-corrected chi connectivity index (χ1v) is 9.57. The van der Waals surface area contributed by atoms with Gasteiger partial charge in [0.2, 0.25) is 10.0 Å². The molecule has 130 valence electrons. The van der Waals surface area contributed by atoms with Gasteiger partial charge < -0.3 is 4.52 Å². The largest absolute Gasteiger partial charge is 0.360 e. The van der Waals surface area contributed by atoms with Gasteiger partial charge in [0.25, 0.3) is 0 Å². The molecule has 7 heteroatoms. The fourth-order valence-electron chi connectivity index (χ4n) is 3.25. The summed E-state index contributed by atoms with van der Waals surface area (Å²) in [5, 5.41) is 3.77. The Morgan fingerprint density at radius 1 is 1.08 bits per heavy atom. The molecule has 1 atom stereocenters. The molecule has 1 fully saturated rings. The van der Waals surface area contributed by atoms with Crippen LogP contribution in [0.5, 0.6) is 0 Å². The number of hydrogen-bond acceptors (Lipinski definition) is 5. The predicted octanol–water partition coefficient (Wildman–Crippen LogP) is 2.36. The van der Waals surface area contributed by atoms with Gasteiger partial charge >= 0.3 is 0 Å². The van der Waals surface area contributed by atoms with Crippen LogP contribution in [0.15, 0.2) is 39.8 Å². The molecule has 24 heavy (non-hydrogen) atoms. The highest BCUT2D eigenvalue weighted by molar-refractivity contribution is 7.89. The molecule has 1 aliphatic rings. The van der Waals surface area contributed by atoms with E-state index in [1.165, 1.54) is 9.87 Å². The number of rotatable bonds is 4. The molecule has 1 aliphatic heterocycles. The number of benzene rings is 1. The van der Waals surface area contributed by atoms with Gasteiger partial charge in [0.05, 0.1) is 0 Å². The number of aromatic nitrogens is 1. The molecule has 0 bridgehead atoms. The number of piperazine rings is 1. The van der Waals surface area contributed by atoms with Crippen molar-refractivity contribution in [2.24, 2.45) is 0 Å². The Labute approximate surface area is 143 Å². The Balaban J connectivity index is 1.71. The summed E-state index contributed by atoms with van der Waals surface area (Å²) >= 11 is 0. The first-order valence-electron chi connectivity index (χ1n) is 8.13. The first-order chi connectivity index (χ1) is 11.4. The molecule has 2 aromatic rings. The van der Waals surface area contributed by atoms with Gasteiger partial charge in [-0.1, -0.05) is 35.5 Å². The summed E-state index contributed by atoms with van der Waals surface area (Å²) in [7, 11) is -3.54. The van der Waals surface area contributed by atoms with Gasteiger partial charge in [0.1, 0.15) is 10.6 Å². The second-order valence-electron chi connectivity index (χ2n) is 6.18. The van der Waals surface area contributed by atoms with E-state index >= 15 is 0 Å². The maximum absolute atomic E-state index is 12.8. The standard InChI is InChI=1S/C17H23N3O3S/c1-13-17(15(3)23-18-13)24(21,22)20-11-9-19(10-12-20)14(2)16-7-5-4-6-8-16/h4-8,14H,9-12H2,1-3H3/t14-/m0/s1. The average Bonchev–Trinajstić information content (AvgIpc) is 2.94. The Hall–Kier alpha value is -1.70. The third kappa shape index (κ3) is 3.11. The lowest BCUT2D eigenvalue weighted by molar-refractivity contribution is 0.146. The average molecular weight is 349 g/mol. The highest BCUT2D eigenvalue weighted by Gasteiger charge is 2.34. The molecule has 0 aliphatic carbocycles. The molecule has 0 amide bonds. The highest BCUT2D eigenvalue weighted by atomic mass is 32.2. The van der Waals surface area contributed by atoms with E-state index in [9.17, 15) is 8.42 Å². The SMILES string of the molecule is Cc1noc(C)c1S(=O)(=O)N1CCN([C@@H](C)c2ccccc2)CC1. The maximum Gasteiger partial charge on any atom is 0.248 e. The van der Waals surface area contributed by atoms with E-state index in [1.54, 1.807) is 13.8 Å². The minimum Gasteiger partial charge on any atom is -0.360 e. The molecule has 0 N–H and O–H groups in total. The zero-order valence-corrected chi connectivity index (χ0v) is 15.1. The van der Waals surface area contributed by atoms with Gasteiger partial charge in [-0.25, -0.2) is 8.42 Å². The van der Waals surface area contributed by atoms with Crippen LogP contribution in [0.4, 0.5) is 0 Å². The molecule has 0 saturated carbocycles. The van der Waals surface area contributed by atoms with Gasteiger partial charge in [-0.2, -0.15) is 4.31 Å². The van der Waals surface area contributed by atoms with Crippen molar-refractivity contribution in [2.75, 3.05) is 26.2 Å². The molecule has 6 nitrogen and oxygen atoms in total. The van der Waals surface area contributed by atoms with Gasteiger partial charge in [-0.05, 0) is 26.3 Å². The van der Waals surface area contributed by atoms with Gasteiger partial charge in [-0.15, -0.1) is 0 Å². The molecule has 0 spiro atoms. The number of aryl methyl sites for hydroxylation is 2. The number of nitrogens with zero attached hydrogens (tertiary/aromatic N) is 3. The lowest BCUT2D eigenvalue weighted by atomic mass is 10.1. The molecule has 3 rings (SSSR count). The van der Waals surface area contributed by atoms with Crippen molar-refractivity contribution in [2.45, 2.75) is 31.7 Å². The van der Waals surface area contributed by atoms with Crippen LogP contribution in [-0.2, 0) is 10.0 Å². The molecule has 0 radical (unpaired) electrons. The van der Waals surface area contributed by atoms with Crippen molar-refractivity contribution in [3.63, 3.8) is 0 Å². The summed E-state index contributed by atoms with van der Waals surface area (Å²) in [5.74, 6) is 0.354. The molecule has 1 aromatic heterocycles. The normalized spacial score (nSPS) is 18.6. The van der Waals surface area contributed by atoms with E-state index in [0.29, 0.717) is 37.6 Å². The van der Waals surface area contributed by atoms with Crippen LogP contribution in [0.3, 0.4) is 0 Å². The predicted molar refractivity (Wildman–Crippen MR) is 91.2 cm³/mol. The lowest BCUT2D eigenvalue weighted by Crippen LogP contribution is -2.49. The summed E-state index contributed by atoms with van der Waals surface area (Å²) in [6, 6.07) is 10.6. The van der Waals surface area contributed by atoms with Crippen molar-refractivity contribution in [3.8, 4) is 0 Å². The molecule has 1 aromatic carbocycles. The fraction of sp³-hybridized carbons (Fsp3) is 0.471. The van der Waals surface area contributed by atoms with E-state index in [4.69, 9.17) is 4.52 Å². The zero-order chi connectivity index (χ0) is 17.3. The quantitative estimate of drug-likeness (QED) is 0.848. The van der Waals surface area contributed by atoms with Crippen LogP contribution in [0.25, 0.3) is 0 Å². The summed E-state index contributed by atoms with van der Waals surface area (Å²) in [6.45, 7) is 7.83. The van der Waals surface area contributed by atoms with E-state index in [-0.39, 0.29) is 10.9 Å². The Morgan fingerprint density at radius 3 is 2.25 bits per heavy atom. The Kier molecular flexibility index (Phi) is 4.76. The van der Waals surface area contributed by atoms with Gasteiger partial charge in [0, 0.05) is 32.2 Å². The minimum atomic E-state index is -3.54. The zero-order valence-electron chi connectivity index (χ0n) is 14.3. The van der Waals surface area contributed by atoms with Crippen LogP contribution in [-0.4, -0.2) is 49.0 Å². The van der Waals surface area contributed by atoms with Crippen LogP contribution in [0, 0.1) is 13.8 Å². The summed E-state index contributed by atoms with van der Waals surface area (Å²) < 4.78 is 32.2. The smallest absolute Gasteiger partial charge is 0.248 e. The van der Waals surface area contributed by atoms with Crippen LogP contribution >= 0.6 is 0 Å². The van der Waals surface area contributed by atoms with Crippen molar-refractivity contribution in [3.05, 3.63) is 47.3 Å². The topological polar surface area (TPSA) is 66.7 Å². The molecular weight excluding hydrogens is 326 g/mol. The summed E-state index contributed by atoms with van der Waals surface area (Å²) in [5.41, 5.74) is 1.67. The highest BCUT2D eigenvalue weighted by Crippen LogP contribution is 2.26. The third-order valence-corrected chi connectivity index (χ3v) is 6.81. The molecule has 1 saturated heterocycles. The molecule has 2 heterocycles. The number of sulfonamides is 1. The maximum atomic E-state index is 12.8. The van der Waals surface area contributed by atoms with Crippen molar-refractivity contribution < 1.29 is 12.9 Å². The van der Waals surface area contributed by atoms with Crippen molar-refractivity contribution in [1.82, 2.24) is 14.4 Å². The van der Waals surface area contributed by atoms with Crippen LogP contribution in [0.1, 0.15) is 30.0 Å². The first kappa shape index (κ1) is 17.1. The third-order valence-electron chi connectivity index (χ3n) is 4.67. The van der Waals surface area contributed by atoms with Crippen molar-refractivity contribution in [1.29, 1.82) is 0 Å².